The van der Waals surface area contributed by atoms with Gasteiger partial charge in [-0.25, -0.2) is 0 Å². The van der Waals surface area contributed by atoms with E-state index in [-0.39, 0.29) is 17.3 Å². The summed E-state index contributed by atoms with van der Waals surface area (Å²) < 4.78 is 12.0. The summed E-state index contributed by atoms with van der Waals surface area (Å²) in [6.07, 6.45) is 0.964. The van der Waals surface area contributed by atoms with E-state index in [1.54, 1.807) is 0 Å². The maximum Gasteiger partial charge on any atom is 0.130 e. The SMILES string of the molecule is CC1(C)CC(Oc2ccc(N)cc2)C(C)(C)O1. The van der Waals surface area contributed by atoms with Gasteiger partial charge in [-0.05, 0) is 52.0 Å². The summed E-state index contributed by atoms with van der Waals surface area (Å²) in [5.41, 5.74) is 6.02. The van der Waals surface area contributed by atoms with Crippen LogP contribution in [0, 0.1) is 0 Å². The zero-order chi connectivity index (χ0) is 12.7. The molecule has 1 aliphatic heterocycles. The molecule has 2 N–H and O–H groups in total. The topological polar surface area (TPSA) is 44.5 Å². The van der Waals surface area contributed by atoms with Crippen molar-refractivity contribution in [1.82, 2.24) is 0 Å². The fourth-order valence-electron chi connectivity index (χ4n) is 2.41. The molecule has 0 radical (unpaired) electrons. The van der Waals surface area contributed by atoms with E-state index in [0.717, 1.165) is 17.9 Å². The standard InChI is InChI=1S/C14H21NO2/c1-13(2)9-12(14(3,4)17-13)16-11-7-5-10(15)6-8-11/h5-8,12H,9,15H2,1-4H3. The Morgan fingerprint density at radius 1 is 1.18 bits per heavy atom. The Morgan fingerprint density at radius 2 is 1.76 bits per heavy atom. The molecule has 0 spiro atoms. The molecule has 1 aliphatic rings. The second-order valence-electron chi connectivity index (χ2n) is 5.84. The molecule has 0 aliphatic carbocycles. The molecule has 0 saturated carbocycles. The predicted octanol–water partition coefficient (Wildman–Crippen LogP) is 2.99. The maximum atomic E-state index is 6.00. The fraction of sp³-hybridized carbons (Fsp3) is 0.571. The van der Waals surface area contributed by atoms with Gasteiger partial charge in [0.05, 0.1) is 5.60 Å². The molecule has 1 saturated heterocycles. The normalized spacial score (nSPS) is 25.8. The third-order valence-corrected chi connectivity index (χ3v) is 3.15. The van der Waals surface area contributed by atoms with Gasteiger partial charge in [0.2, 0.25) is 0 Å². The molecule has 1 atom stereocenters. The summed E-state index contributed by atoms with van der Waals surface area (Å²) in [5.74, 6) is 0.846. The number of ether oxygens (including phenoxy) is 2. The Kier molecular flexibility index (Phi) is 2.82. The highest BCUT2D eigenvalue weighted by Crippen LogP contribution is 2.39. The van der Waals surface area contributed by atoms with Gasteiger partial charge in [0, 0.05) is 12.1 Å². The molecule has 3 nitrogen and oxygen atoms in total. The number of benzene rings is 1. The highest BCUT2D eigenvalue weighted by molar-refractivity contribution is 5.41. The van der Waals surface area contributed by atoms with Crippen molar-refractivity contribution >= 4 is 5.69 Å². The van der Waals surface area contributed by atoms with Gasteiger partial charge >= 0.3 is 0 Å². The summed E-state index contributed by atoms with van der Waals surface area (Å²) in [6, 6.07) is 7.50. The van der Waals surface area contributed by atoms with Crippen molar-refractivity contribution in [2.24, 2.45) is 0 Å². The summed E-state index contributed by atoms with van der Waals surface area (Å²) in [4.78, 5) is 0. The maximum absolute atomic E-state index is 6.00. The van der Waals surface area contributed by atoms with Crippen molar-refractivity contribution in [2.45, 2.75) is 51.4 Å². The van der Waals surface area contributed by atoms with E-state index in [0.29, 0.717) is 0 Å². The Morgan fingerprint density at radius 3 is 2.24 bits per heavy atom. The molecular weight excluding hydrogens is 214 g/mol. The van der Waals surface area contributed by atoms with Gasteiger partial charge in [0.1, 0.15) is 17.5 Å². The van der Waals surface area contributed by atoms with Crippen molar-refractivity contribution in [3.63, 3.8) is 0 Å². The third-order valence-electron chi connectivity index (χ3n) is 3.15. The van der Waals surface area contributed by atoms with E-state index in [9.17, 15) is 0 Å². The first-order chi connectivity index (χ1) is 7.78. The molecule has 94 valence electrons. The second kappa shape index (κ2) is 3.91. The van der Waals surface area contributed by atoms with Crippen LogP contribution in [0.5, 0.6) is 5.75 Å². The zero-order valence-electron chi connectivity index (χ0n) is 11.0. The Balaban J connectivity index is 2.11. The van der Waals surface area contributed by atoms with Crippen LogP contribution in [-0.2, 0) is 4.74 Å². The van der Waals surface area contributed by atoms with Crippen molar-refractivity contribution in [3.05, 3.63) is 24.3 Å². The van der Waals surface area contributed by atoms with Crippen LogP contribution in [0.3, 0.4) is 0 Å². The number of anilines is 1. The first kappa shape index (κ1) is 12.2. The van der Waals surface area contributed by atoms with Gasteiger partial charge in [-0.15, -0.1) is 0 Å². The molecule has 1 fully saturated rings. The molecule has 17 heavy (non-hydrogen) atoms. The largest absolute Gasteiger partial charge is 0.487 e. The van der Waals surface area contributed by atoms with Gasteiger partial charge in [0.15, 0.2) is 0 Å². The summed E-state index contributed by atoms with van der Waals surface area (Å²) in [7, 11) is 0. The zero-order valence-corrected chi connectivity index (χ0v) is 11.0. The van der Waals surface area contributed by atoms with Gasteiger partial charge in [0.25, 0.3) is 0 Å². The fourth-order valence-corrected chi connectivity index (χ4v) is 2.41. The molecular formula is C14H21NO2. The molecule has 0 bridgehead atoms. The first-order valence-corrected chi connectivity index (χ1v) is 6.01. The van der Waals surface area contributed by atoms with Gasteiger partial charge in [-0.1, -0.05) is 0 Å². The average molecular weight is 235 g/mol. The lowest BCUT2D eigenvalue weighted by atomic mass is 9.97. The lowest BCUT2D eigenvalue weighted by Crippen LogP contribution is -2.36. The van der Waals surface area contributed by atoms with Crippen LogP contribution in [0.2, 0.25) is 0 Å². The van der Waals surface area contributed by atoms with E-state index >= 15 is 0 Å². The van der Waals surface area contributed by atoms with E-state index in [1.165, 1.54) is 0 Å². The quantitative estimate of drug-likeness (QED) is 0.801. The second-order valence-corrected chi connectivity index (χ2v) is 5.84. The Hall–Kier alpha value is -1.22. The monoisotopic (exact) mass is 235 g/mol. The van der Waals surface area contributed by atoms with Gasteiger partial charge in [-0.3, -0.25) is 0 Å². The number of nitrogen functional groups attached to an aromatic ring is 1. The molecule has 3 heteroatoms. The summed E-state index contributed by atoms with van der Waals surface area (Å²) in [6.45, 7) is 8.34. The minimum Gasteiger partial charge on any atom is -0.487 e. The molecule has 0 amide bonds. The lowest BCUT2D eigenvalue weighted by Gasteiger charge is -2.27. The Bertz CT molecular complexity index is 395. The minimum atomic E-state index is -0.259. The van der Waals surface area contributed by atoms with Crippen LogP contribution >= 0.6 is 0 Å². The van der Waals surface area contributed by atoms with Gasteiger partial charge in [-0.2, -0.15) is 0 Å². The predicted molar refractivity (Wildman–Crippen MR) is 69.1 cm³/mol. The van der Waals surface area contributed by atoms with Crippen LogP contribution in [0.4, 0.5) is 5.69 Å². The van der Waals surface area contributed by atoms with Crippen LogP contribution in [0.1, 0.15) is 34.1 Å². The highest BCUT2D eigenvalue weighted by atomic mass is 16.6. The van der Waals surface area contributed by atoms with Crippen molar-refractivity contribution in [2.75, 3.05) is 5.73 Å². The van der Waals surface area contributed by atoms with Crippen LogP contribution in [-0.4, -0.2) is 17.3 Å². The molecule has 1 heterocycles. The molecule has 2 rings (SSSR count). The summed E-state index contributed by atoms with van der Waals surface area (Å²) >= 11 is 0. The minimum absolute atomic E-state index is 0.0705. The first-order valence-electron chi connectivity index (χ1n) is 6.01. The number of nitrogens with two attached hydrogens (primary N) is 1. The van der Waals surface area contributed by atoms with Crippen LogP contribution in [0.15, 0.2) is 24.3 Å². The third kappa shape index (κ3) is 2.72. The molecule has 1 unspecified atom stereocenters. The van der Waals surface area contributed by atoms with E-state index in [1.807, 2.05) is 24.3 Å². The number of hydrogen-bond acceptors (Lipinski definition) is 3. The van der Waals surface area contributed by atoms with Crippen molar-refractivity contribution in [3.8, 4) is 5.75 Å². The highest BCUT2D eigenvalue weighted by Gasteiger charge is 2.47. The molecule has 1 aromatic carbocycles. The number of rotatable bonds is 2. The van der Waals surface area contributed by atoms with E-state index < -0.39 is 0 Å². The van der Waals surface area contributed by atoms with Crippen LogP contribution in [0.25, 0.3) is 0 Å². The molecule has 1 aromatic rings. The van der Waals surface area contributed by atoms with Crippen molar-refractivity contribution < 1.29 is 9.47 Å². The lowest BCUT2D eigenvalue weighted by molar-refractivity contribution is -0.0846. The van der Waals surface area contributed by atoms with Gasteiger partial charge < -0.3 is 15.2 Å². The smallest absolute Gasteiger partial charge is 0.130 e. The van der Waals surface area contributed by atoms with Crippen molar-refractivity contribution in [1.29, 1.82) is 0 Å². The Labute approximate surface area is 103 Å². The van der Waals surface area contributed by atoms with E-state index in [2.05, 4.69) is 27.7 Å². The van der Waals surface area contributed by atoms with E-state index in [4.69, 9.17) is 15.2 Å². The van der Waals surface area contributed by atoms with Crippen LogP contribution < -0.4 is 10.5 Å². The number of hydrogen-bond donors (Lipinski definition) is 1. The average Bonchev–Trinajstić information content (AvgIpc) is 2.38. The molecule has 0 aromatic heterocycles. The summed E-state index contributed by atoms with van der Waals surface area (Å²) in [5, 5.41) is 0.